The molecule has 106 valence electrons. The number of methoxy groups -OCH3 is 1. The predicted octanol–water partition coefficient (Wildman–Crippen LogP) is 2.63. The van der Waals surface area contributed by atoms with E-state index in [-0.39, 0.29) is 4.90 Å². The van der Waals surface area contributed by atoms with Gasteiger partial charge in [0, 0.05) is 16.3 Å². The van der Waals surface area contributed by atoms with E-state index in [0.29, 0.717) is 22.0 Å². The molecule has 0 spiro atoms. The van der Waals surface area contributed by atoms with Gasteiger partial charge in [-0.3, -0.25) is 0 Å². The van der Waals surface area contributed by atoms with Gasteiger partial charge < -0.3 is 4.74 Å². The molecule has 0 bridgehead atoms. The number of sulfonamides is 1. The fraction of sp³-hybridized carbons (Fsp3) is 0.500. The smallest absolute Gasteiger partial charge is 0.244 e. The lowest BCUT2D eigenvalue weighted by Crippen LogP contribution is -2.30. The van der Waals surface area contributed by atoms with E-state index in [1.54, 1.807) is 18.2 Å². The third kappa shape index (κ3) is 3.87. The van der Waals surface area contributed by atoms with Crippen molar-refractivity contribution in [3.05, 3.63) is 22.7 Å². The zero-order valence-electron chi connectivity index (χ0n) is 10.6. The maximum Gasteiger partial charge on any atom is 0.244 e. The molecule has 1 fully saturated rings. The minimum atomic E-state index is -3.53. The molecule has 4 nitrogen and oxygen atoms in total. The molecule has 1 aliphatic heterocycles. The monoisotopic (exact) mass is 365 g/mol. The van der Waals surface area contributed by atoms with Crippen LogP contribution in [0.5, 0.6) is 5.75 Å². The Hall–Kier alpha value is -0.240. The van der Waals surface area contributed by atoms with Crippen molar-refractivity contribution in [3.63, 3.8) is 0 Å². The second-order valence-electron chi connectivity index (χ2n) is 4.28. The van der Waals surface area contributed by atoms with Crippen molar-refractivity contribution < 1.29 is 13.2 Å². The highest BCUT2D eigenvalue weighted by Crippen LogP contribution is 2.29. The molecule has 0 aliphatic carbocycles. The number of thioether (sulfide) groups is 1. The third-order valence-electron chi connectivity index (χ3n) is 2.94. The summed E-state index contributed by atoms with van der Waals surface area (Å²) in [6.45, 7) is 0.475. The zero-order valence-corrected chi connectivity index (χ0v) is 13.8. The number of benzene rings is 1. The van der Waals surface area contributed by atoms with Gasteiger partial charge in [-0.05, 0) is 36.8 Å². The van der Waals surface area contributed by atoms with E-state index in [0.717, 1.165) is 18.6 Å². The molecule has 0 saturated carbocycles. The summed E-state index contributed by atoms with van der Waals surface area (Å²) in [5, 5.41) is 0.382. The van der Waals surface area contributed by atoms with Gasteiger partial charge in [0.15, 0.2) is 0 Å². The van der Waals surface area contributed by atoms with Crippen LogP contribution in [-0.4, -0.2) is 33.1 Å². The topological polar surface area (TPSA) is 55.4 Å². The van der Waals surface area contributed by atoms with Crippen LogP contribution in [0, 0.1) is 0 Å². The molecular formula is C12H16BrNO3S2. The Morgan fingerprint density at radius 1 is 1.53 bits per heavy atom. The lowest BCUT2D eigenvalue weighted by Gasteiger charge is -2.13. The molecule has 1 aromatic carbocycles. The van der Waals surface area contributed by atoms with E-state index in [9.17, 15) is 8.42 Å². The van der Waals surface area contributed by atoms with Gasteiger partial charge in [-0.25, -0.2) is 13.1 Å². The molecular weight excluding hydrogens is 350 g/mol. The van der Waals surface area contributed by atoms with Crippen molar-refractivity contribution in [2.45, 2.75) is 23.0 Å². The molecule has 1 heterocycles. The van der Waals surface area contributed by atoms with Crippen LogP contribution in [0.25, 0.3) is 0 Å². The summed E-state index contributed by atoms with van der Waals surface area (Å²) in [5.41, 5.74) is 0. The Morgan fingerprint density at radius 3 is 2.95 bits per heavy atom. The summed E-state index contributed by atoms with van der Waals surface area (Å²) < 4.78 is 33.1. The molecule has 0 amide bonds. The predicted molar refractivity (Wildman–Crippen MR) is 81.4 cm³/mol. The molecule has 1 saturated heterocycles. The van der Waals surface area contributed by atoms with Crippen LogP contribution in [0.1, 0.15) is 12.8 Å². The highest BCUT2D eigenvalue weighted by Gasteiger charge is 2.23. The average molecular weight is 366 g/mol. The molecule has 1 unspecified atom stereocenters. The van der Waals surface area contributed by atoms with Crippen LogP contribution in [0.15, 0.2) is 27.6 Å². The summed E-state index contributed by atoms with van der Waals surface area (Å²) >= 11 is 5.11. The minimum absolute atomic E-state index is 0.173. The van der Waals surface area contributed by atoms with Crippen molar-refractivity contribution in [3.8, 4) is 5.75 Å². The van der Waals surface area contributed by atoms with Crippen molar-refractivity contribution in [1.29, 1.82) is 0 Å². The molecule has 2 rings (SSSR count). The first-order valence-electron chi connectivity index (χ1n) is 5.98. The van der Waals surface area contributed by atoms with Crippen LogP contribution >= 0.6 is 27.7 Å². The first-order valence-corrected chi connectivity index (χ1v) is 9.30. The van der Waals surface area contributed by atoms with E-state index >= 15 is 0 Å². The molecule has 0 aromatic heterocycles. The van der Waals surface area contributed by atoms with E-state index < -0.39 is 10.0 Å². The van der Waals surface area contributed by atoms with Crippen molar-refractivity contribution in [2.24, 2.45) is 0 Å². The van der Waals surface area contributed by atoms with Crippen LogP contribution in [0.3, 0.4) is 0 Å². The summed E-state index contributed by atoms with van der Waals surface area (Å²) in [6.07, 6.45) is 2.24. The van der Waals surface area contributed by atoms with Crippen LogP contribution < -0.4 is 9.46 Å². The fourth-order valence-electron chi connectivity index (χ4n) is 1.95. The zero-order chi connectivity index (χ0) is 13.9. The Balaban J connectivity index is 2.16. The van der Waals surface area contributed by atoms with Crippen LogP contribution in [0.2, 0.25) is 0 Å². The third-order valence-corrected chi connectivity index (χ3v) is 6.28. The van der Waals surface area contributed by atoms with Crippen molar-refractivity contribution >= 4 is 37.7 Å². The number of nitrogens with one attached hydrogen (secondary N) is 1. The average Bonchev–Trinajstić information content (AvgIpc) is 2.89. The van der Waals surface area contributed by atoms with Gasteiger partial charge in [0.05, 0.1) is 7.11 Å². The molecule has 19 heavy (non-hydrogen) atoms. The van der Waals surface area contributed by atoms with Crippen LogP contribution in [-0.2, 0) is 10.0 Å². The number of hydrogen-bond acceptors (Lipinski definition) is 4. The maximum atomic E-state index is 12.3. The summed E-state index contributed by atoms with van der Waals surface area (Å²) in [6, 6.07) is 4.95. The Bertz CT molecular complexity index is 542. The second-order valence-corrected chi connectivity index (χ2v) is 8.34. The first-order chi connectivity index (χ1) is 9.03. The summed E-state index contributed by atoms with van der Waals surface area (Å²) in [7, 11) is -2.06. The SMILES string of the molecule is COc1ccc(Br)cc1S(=O)(=O)NCC1CCCS1. The van der Waals surface area contributed by atoms with E-state index in [4.69, 9.17) is 4.74 Å². The molecule has 1 N–H and O–H groups in total. The Labute approximate surface area is 126 Å². The standard InChI is InChI=1S/C12H16BrNO3S2/c1-17-11-5-4-9(13)7-12(11)19(15,16)14-8-10-3-2-6-18-10/h4-5,7,10,14H,2-3,6,8H2,1H3. The second kappa shape index (κ2) is 6.47. The summed E-state index contributed by atoms with van der Waals surface area (Å²) in [4.78, 5) is 0.173. The Kier molecular flexibility index (Phi) is 5.16. The summed E-state index contributed by atoms with van der Waals surface area (Å²) in [5.74, 6) is 1.47. The van der Waals surface area contributed by atoms with Crippen LogP contribution in [0.4, 0.5) is 0 Å². The number of hydrogen-bond donors (Lipinski definition) is 1. The highest BCUT2D eigenvalue weighted by atomic mass is 79.9. The van der Waals surface area contributed by atoms with Crippen molar-refractivity contribution in [2.75, 3.05) is 19.4 Å². The number of ether oxygens (including phenoxy) is 1. The molecule has 0 radical (unpaired) electrons. The van der Waals surface area contributed by atoms with E-state index in [2.05, 4.69) is 20.7 Å². The first kappa shape index (κ1) is 15.2. The normalized spacial score (nSPS) is 19.6. The molecule has 1 aromatic rings. The molecule has 1 atom stereocenters. The van der Waals surface area contributed by atoms with Gasteiger partial charge in [-0.2, -0.15) is 11.8 Å². The van der Waals surface area contributed by atoms with Gasteiger partial charge in [0.1, 0.15) is 10.6 Å². The molecule has 7 heteroatoms. The van der Waals surface area contributed by atoms with Gasteiger partial charge in [0.2, 0.25) is 10.0 Å². The van der Waals surface area contributed by atoms with Gasteiger partial charge in [-0.15, -0.1) is 0 Å². The highest BCUT2D eigenvalue weighted by molar-refractivity contribution is 9.10. The minimum Gasteiger partial charge on any atom is -0.495 e. The van der Waals surface area contributed by atoms with Gasteiger partial charge in [-0.1, -0.05) is 15.9 Å². The van der Waals surface area contributed by atoms with E-state index in [1.165, 1.54) is 7.11 Å². The lowest BCUT2D eigenvalue weighted by molar-refractivity contribution is 0.402. The number of rotatable bonds is 5. The number of halogens is 1. The fourth-order valence-corrected chi connectivity index (χ4v) is 5.04. The Morgan fingerprint density at radius 2 is 2.32 bits per heavy atom. The van der Waals surface area contributed by atoms with Gasteiger partial charge >= 0.3 is 0 Å². The van der Waals surface area contributed by atoms with Gasteiger partial charge in [0.25, 0.3) is 0 Å². The maximum absolute atomic E-state index is 12.3. The van der Waals surface area contributed by atoms with E-state index in [1.807, 2.05) is 11.8 Å². The quantitative estimate of drug-likeness (QED) is 0.871. The molecule has 1 aliphatic rings. The lowest BCUT2D eigenvalue weighted by atomic mass is 10.2. The largest absolute Gasteiger partial charge is 0.495 e. The van der Waals surface area contributed by atoms with Crippen molar-refractivity contribution in [1.82, 2.24) is 4.72 Å².